The molecule has 0 radical (unpaired) electrons. The Balaban J connectivity index is 1.33. The molecule has 0 spiro atoms. The van der Waals surface area contributed by atoms with Crippen molar-refractivity contribution in [2.45, 2.75) is 32.6 Å². The first kappa shape index (κ1) is 23.7. The Morgan fingerprint density at radius 2 is 1.90 bits per heavy atom. The third-order valence-electron chi connectivity index (χ3n) is 5.12. The van der Waals surface area contributed by atoms with Crippen molar-refractivity contribution in [3.8, 4) is 0 Å². The van der Waals surface area contributed by atoms with Gasteiger partial charge in [0, 0.05) is 44.0 Å². The van der Waals surface area contributed by atoms with Crippen LogP contribution in [-0.4, -0.2) is 76.3 Å². The molecule has 1 aromatic heterocycles. The summed E-state index contributed by atoms with van der Waals surface area (Å²) in [6, 6.07) is 3.93. The number of thiophene rings is 1. The predicted molar refractivity (Wildman–Crippen MR) is 128 cm³/mol. The van der Waals surface area contributed by atoms with Crippen LogP contribution in [0.3, 0.4) is 0 Å². The van der Waals surface area contributed by atoms with Crippen LogP contribution in [0.4, 0.5) is 4.79 Å². The van der Waals surface area contributed by atoms with Crippen LogP contribution in [0, 0.1) is 0 Å². The van der Waals surface area contributed by atoms with Gasteiger partial charge in [-0.2, -0.15) is 0 Å². The summed E-state index contributed by atoms with van der Waals surface area (Å²) in [6.07, 6.45) is 4.51. The van der Waals surface area contributed by atoms with Crippen LogP contribution in [0.15, 0.2) is 22.4 Å². The molecule has 2 saturated heterocycles. The topological polar surface area (TPSA) is 70.2 Å². The lowest BCUT2D eigenvalue weighted by Gasteiger charge is -2.34. The Morgan fingerprint density at radius 1 is 1.16 bits per heavy atom. The molecule has 0 unspecified atom stereocenters. The van der Waals surface area contributed by atoms with Gasteiger partial charge >= 0.3 is 6.09 Å². The molecule has 0 saturated carbocycles. The monoisotopic (exact) mass is 481 g/mol. The number of rotatable bonds is 8. The summed E-state index contributed by atoms with van der Waals surface area (Å²) in [4.78, 5) is 43.6. The number of amides is 3. The minimum absolute atomic E-state index is 0.0288. The molecule has 0 bridgehead atoms. The second-order valence-electron chi connectivity index (χ2n) is 7.23. The average molecular weight is 482 g/mol. The summed E-state index contributed by atoms with van der Waals surface area (Å²) < 4.78 is 5.60. The third kappa shape index (κ3) is 6.54. The summed E-state index contributed by atoms with van der Waals surface area (Å²) in [5.74, 6) is 0.0898. The Labute approximate surface area is 196 Å². The highest BCUT2D eigenvalue weighted by Gasteiger charge is 2.31. The number of hydrogen-bond donors (Lipinski definition) is 0. The van der Waals surface area contributed by atoms with E-state index in [1.54, 1.807) is 28.1 Å². The Hall–Kier alpha value is -1.91. The van der Waals surface area contributed by atoms with Crippen molar-refractivity contribution in [2.75, 3.05) is 39.3 Å². The number of hydrogen-bond acceptors (Lipinski definition) is 7. The zero-order valence-corrected chi connectivity index (χ0v) is 20.0. The standard InChI is InChI=1S/C21H27N3O4S3/c1-2-28-20(27)23-12-10-22(11-13-23)18(25)8-4-3-5-9-24-19(26)17(31-21(24)29)15-16-7-6-14-30-16/h6-7,14-15H,2-5,8-13H2,1H3. The van der Waals surface area contributed by atoms with E-state index in [4.69, 9.17) is 17.0 Å². The van der Waals surface area contributed by atoms with Crippen LogP contribution < -0.4 is 0 Å². The van der Waals surface area contributed by atoms with Gasteiger partial charge in [-0.25, -0.2) is 4.79 Å². The summed E-state index contributed by atoms with van der Waals surface area (Å²) in [5.41, 5.74) is 0. The van der Waals surface area contributed by atoms with Gasteiger partial charge in [0.25, 0.3) is 5.91 Å². The molecule has 168 valence electrons. The molecule has 2 aliphatic heterocycles. The SMILES string of the molecule is CCOC(=O)N1CCN(C(=O)CCCCCN2C(=O)C(=Cc3cccs3)SC2=S)CC1. The zero-order valence-electron chi connectivity index (χ0n) is 17.6. The fourth-order valence-corrected chi connectivity index (χ4v) is 5.46. The van der Waals surface area contributed by atoms with Gasteiger partial charge in [0.1, 0.15) is 4.32 Å². The molecule has 31 heavy (non-hydrogen) atoms. The molecule has 7 nitrogen and oxygen atoms in total. The molecule has 2 fully saturated rings. The van der Waals surface area contributed by atoms with Crippen molar-refractivity contribution in [3.05, 3.63) is 27.3 Å². The second kappa shape index (κ2) is 11.6. The number of ether oxygens (including phenoxy) is 1. The number of nitrogens with zero attached hydrogens (tertiary/aromatic N) is 3. The largest absolute Gasteiger partial charge is 0.450 e. The smallest absolute Gasteiger partial charge is 0.409 e. The highest BCUT2D eigenvalue weighted by molar-refractivity contribution is 8.26. The number of thiocarbonyl (C=S) groups is 1. The minimum Gasteiger partial charge on any atom is -0.450 e. The van der Waals surface area contributed by atoms with Crippen LogP contribution in [0.25, 0.3) is 6.08 Å². The third-order valence-corrected chi connectivity index (χ3v) is 7.32. The van der Waals surface area contributed by atoms with Gasteiger partial charge in [0.2, 0.25) is 5.91 Å². The number of carbonyl (C=O) groups excluding carboxylic acids is 3. The van der Waals surface area contributed by atoms with E-state index in [-0.39, 0.29) is 17.9 Å². The first-order chi connectivity index (χ1) is 15.0. The maximum Gasteiger partial charge on any atom is 0.409 e. The molecule has 3 heterocycles. The van der Waals surface area contributed by atoms with Crippen LogP contribution in [0.5, 0.6) is 0 Å². The lowest BCUT2D eigenvalue weighted by molar-refractivity contribution is -0.133. The molecule has 0 atom stereocenters. The van der Waals surface area contributed by atoms with Crippen molar-refractivity contribution in [1.82, 2.24) is 14.7 Å². The van der Waals surface area contributed by atoms with Crippen molar-refractivity contribution in [2.24, 2.45) is 0 Å². The van der Waals surface area contributed by atoms with Crippen LogP contribution >= 0.6 is 35.3 Å². The maximum atomic E-state index is 12.6. The quantitative estimate of drug-likeness (QED) is 0.320. The molecule has 10 heteroatoms. The molecule has 3 amide bonds. The van der Waals surface area contributed by atoms with Gasteiger partial charge in [0.05, 0.1) is 11.5 Å². The zero-order chi connectivity index (χ0) is 22.2. The lowest BCUT2D eigenvalue weighted by atomic mass is 10.1. The van der Waals surface area contributed by atoms with E-state index >= 15 is 0 Å². The number of piperazine rings is 1. The van der Waals surface area contributed by atoms with Crippen molar-refractivity contribution >= 4 is 63.6 Å². The van der Waals surface area contributed by atoms with Crippen LogP contribution in [0.1, 0.15) is 37.5 Å². The van der Waals surface area contributed by atoms with E-state index in [1.165, 1.54) is 11.8 Å². The second-order valence-corrected chi connectivity index (χ2v) is 9.88. The van der Waals surface area contributed by atoms with E-state index in [9.17, 15) is 14.4 Å². The Bertz CT molecular complexity index is 833. The van der Waals surface area contributed by atoms with Crippen molar-refractivity contribution < 1.29 is 19.1 Å². The van der Waals surface area contributed by atoms with Gasteiger partial charge in [-0.1, -0.05) is 36.5 Å². The normalized spacial score (nSPS) is 18.2. The van der Waals surface area contributed by atoms with Gasteiger partial charge < -0.3 is 14.5 Å². The van der Waals surface area contributed by atoms with Gasteiger partial charge in [-0.05, 0) is 37.3 Å². The van der Waals surface area contributed by atoms with Gasteiger partial charge in [-0.15, -0.1) is 11.3 Å². The molecule has 0 aliphatic carbocycles. The molecular weight excluding hydrogens is 454 g/mol. The van der Waals surface area contributed by atoms with Crippen molar-refractivity contribution in [3.63, 3.8) is 0 Å². The minimum atomic E-state index is -0.310. The highest BCUT2D eigenvalue weighted by Crippen LogP contribution is 2.33. The first-order valence-electron chi connectivity index (χ1n) is 10.5. The van der Waals surface area contributed by atoms with Gasteiger partial charge in [0.15, 0.2) is 0 Å². The van der Waals surface area contributed by atoms with E-state index in [2.05, 4.69) is 0 Å². The number of carbonyl (C=O) groups is 3. The van der Waals surface area contributed by atoms with E-state index in [0.29, 0.717) is 55.0 Å². The molecule has 2 aliphatic rings. The molecule has 0 N–H and O–H groups in total. The molecule has 3 rings (SSSR count). The maximum absolute atomic E-state index is 12.6. The predicted octanol–water partition coefficient (Wildman–Crippen LogP) is 3.81. The molecule has 0 aromatic carbocycles. The molecular formula is C21H27N3O4S3. The number of unbranched alkanes of at least 4 members (excludes halogenated alkanes) is 2. The lowest BCUT2D eigenvalue weighted by Crippen LogP contribution is -2.50. The summed E-state index contributed by atoms with van der Waals surface area (Å²) in [7, 11) is 0. The number of thioether (sulfide) groups is 1. The van der Waals surface area contributed by atoms with Gasteiger partial charge in [-0.3, -0.25) is 14.5 Å². The summed E-state index contributed by atoms with van der Waals surface area (Å²) in [5, 5.41) is 1.98. The average Bonchev–Trinajstić information content (AvgIpc) is 3.37. The highest BCUT2D eigenvalue weighted by atomic mass is 32.2. The summed E-state index contributed by atoms with van der Waals surface area (Å²) in [6.45, 7) is 4.84. The van der Waals surface area contributed by atoms with E-state index < -0.39 is 0 Å². The van der Waals surface area contributed by atoms with Crippen molar-refractivity contribution in [1.29, 1.82) is 0 Å². The van der Waals surface area contributed by atoms with Crippen LogP contribution in [-0.2, 0) is 14.3 Å². The Kier molecular flexibility index (Phi) is 8.91. The first-order valence-corrected chi connectivity index (χ1v) is 12.6. The molecule has 1 aromatic rings. The fourth-order valence-electron chi connectivity index (χ4n) is 3.43. The fraction of sp³-hybridized carbons (Fsp3) is 0.524. The Morgan fingerprint density at radius 3 is 2.58 bits per heavy atom. The van der Waals surface area contributed by atoms with E-state index in [0.717, 1.165) is 24.1 Å². The van der Waals surface area contributed by atoms with Crippen LogP contribution in [0.2, 0.25) is 0 Å². The van der Waals surface area contributed by atoms with E-state index in [1.807, 2.05) is 28.5 Å². The summed E-state index contributed by atoms with van der Waals surface area (Å²) >= 11 is 8.31.